The first-order chi connectivity index (χ1) is 9.64. The average Bonchev–Trinajstić information content (AvgIpc) is 2.23. The third kappa shape index (κ3) is 4.83. The average molecular weight is 342 g/mol. The SMILES string of the molecule is CC(C)(C)c1cc(C(C)(C)C)c(NB(Cl)Cl)c(C(C)(C)C)c1. The van der Waals surface area contributed by atoms with Crippen LogP contribution in [0.25, 0.3) is 0 Å². The lowest BCUT2D eigenvalue weighted by Crippen LogP contribution is -2.26. The second kappa shape index (κ2) is 6.28. The van der Waals surface area contributed by atoms with Crippen LogP contribution in [0.2, 0.25) is 0 Å². The first-order valence-electron chi connectivity index (χ1n) is 7.88. The molecule has 0 aliphatic heterocycles. The van der Waals surface area contributed by atoms with Gasteiger partial charge in [-0.15, -0.1) is 22.9 Å². The predicted molar refractivity (Wildman–Crippen MR) is 104 cm³/mol. The molecule has 0 unspecified atom stereocenters. The monoisotopic (exact) mass is 341 g/mol. The molecule has 0 saturated carbocycles. The molecule has 1 nitrogen and oxygen atoms in total. The molecule has 0 saturated heterocycles. The number of halogens is 2. The summed E-state index contributed by atoms with van der Waals surface area (Å²) in [5.74, 6) is 0. The minimum Gasteiger partial charge on any atom is -0.401 e. The molecule has 0 aliphatic carbocycles. The van der Waals surface area contributed by atoms with E-state index in [2.05, 4.69) is 79.7 Å². The van der Waals surface area contributed by atoms with Crippen LogP contribution in [0, 0.1) is 0 Å². The second-order valence-electron chi connectivity index (χ2n) is 9.14. The van der Waals surface area contributed by atoms with Crippen LogP contribution in [0.5, 0.6) is 0 Å². The van der Waals surface area contributed by atoms with Gasteiger partial charge in [-0.1, -0.05) is 74.4 Å². The van der Waals surface area contributed by atoms with Crippen LogP contribution in [0.15, 0.2) is 12.1 Å². The molecular formula is C18H30BCl2N. The quantitative estimate of drug-likeness (QED) is 0.609. The molecule has 1 rings (SSSR count). The van der Waals surface area contributed by atoms with Crippen LogP contribution in [0.1, 0.15) is 79.0 Å². The Morgan fingerprint density at radius 2 is 1.09 bits per heavy atom. The number of anilines is 1. The van der Waals surface area contributed by atoms with Gasteiger partial charge in [0.05, 0.1) is 0 Å². The zero-order valence-electron chi connectivity index (χ0n) is 15.5. The minimum absolute atomic E-state index is 0.00621. The first-order valence-corrected chi connectivity index (χ1v) is 8.75. The zero-order chi connectivity index (χ0) is 17.5. The number of hydrogen-bond acceptors (Lipinski definition) is 1. The van der Waals surface area contributed by atoms with Gasteiger partial charge < -0.3 is 5.23 Å². The van der Waals surface area contributed by atoms with E-state index < -0.39 is 5.68 Å². The lowest BCUT2D eigenvalue weighted by atomic mass is 9.74. The molecule has 4 heteroatoms. The molecule has 0 radical (unpaired) electrons. The molecule has 124 valence electrons. The van der Waals surface area contributed by atoms with E-state index in [1.165, 1.54) is 16.7 Å². The van der Waals surface area contributed by atoms with Crippen LogP contribution in [-0.4, -0.2) is 5.68 Å². The van der Waals surface area contributed by atoms with Gasteiger partial charge in [0.1, 0.15) is 0 Å². The fraction of sp³-hybridized carbons (Fsp3) is 0.667. The van der Waals surface area contributed by atoms with E-state index >= 15 is 0 Å². The van der Waals surface area contributed by atoms with Crippen LogP contribution in [0.4, 0.5) is 5.69 Å². The number of benzene rings is 1. The van der Waals surface area contributed by atoms with Crippen molar-refractivity contribution in [3.05, 3.63) is 28.8 Å². The summed E-state index contributed by atoms with van der Waals surface area (Å²) in [5.41, 5.74) is 4.42. The number of nitrogens with one attached hydrogen (secondary N) is 1. The van der Waals surface area contributed by atoms with E-state index in [1.807, 2.05) is 0 Å². The van der Waals surface area contributed by atoms with Gasteiger partial charge in [0.2, 0.25) is 0 Å². The molecule has 0 aromatic heterocycles. The number of rotatable bonds is 2. The van der Waals surface area contributed by atoms with Crippen LogP contribution < -0.4 is 5.23 Å². The Bertz CT molecular complexity index is 496. The van der Waals surface area contributed by atoms with Gasteiger partial charge in [-0.2, -0.15) is 0 Å². The highest BCUT2D eigenvalue weighted by Gasteiger charge is 2.30. The molecule has 0 spiro atoms. The normalized spacial score (nSPS) is 13.2. The summed E-state index contributed by atoms with van der Waals surface area (Å²) >= 11 is 12.1. The Morgan fingerprint density at radius 1 is 0.727 bits per heavy atom. The van der Waals surface area contributed by atoms with Crippen molar-refractivity contribution in [1.82, 2.24) is 0 Å². The van der Waals surface area contributed by atoms with E-state index in [0.29, 0.717) is 0 Å². The summed E-state index contributed by atoms with van der Waals surface area (Å²) < 4.78 is 0. The van der Waals surface area contributed by atoms with Gasteiger partial charge in [0.15, 0.2) is 0 Å². The second-order valence-corrected chi connectivity index (χ2v) is 10.2. The van der Waals surface area contributed by atoms with Crippen molar-refractivity contribution in [3.8, 4) is 0 Å². The van der Waals surface area contributed by atoms with Crippen LogP contribution >= 0.6 is 22.9 Å². The maximum atomic E-state index is 6.04. The molecule has 0 aliphatic rings. The van der Waals surface area contributed by atoms with Gasteiger partial charge >= 0.3 is 5.68 Å². The molecule has 1 aromatic rings. The van der Waals surface area contributed by atoms with E-state index in [-0.39, 0.29) is 16.2 Å². The Hall–Kier alpha value is -0.335. The summed E-state index contributed by atoms with van der Waals surface area (Å²) in [6.07, 6.45) is 0. The summed E-state index contributed by atoms with van der Waals surface area (Å²) in [5, 5.41) is 3.26. The lowest BCUT2D eigenvalue weighted by Gasteiger charge is -2.34. The fourth-order valence-electron chi connectivity index (χ4n) is 2.52. The van der Waals surface area contributed by atoms with Gasteiger partial charge in [-0.25, -0.2) is 0 Å². The van der Waals surface area contributed by atoms with Gasteiger partial charge in [-0.3, -0.25) is 0 Å². The largest absolute Gasteiger partial charge is 0.464 e. The lowest BCUT2D eigenvalue weighted by molar-refractivity contribution is 0.551. The Morgan fingerprint density at radius 3 is 1.32 bits per heavy atom. The van der Waals surface area contributed by atoms with Gasteiger partial charge in [0.25, 0.3) is 0 Å². The Balaban J connectivity index is 3.78. The van der Waals surface area contributed by atoms with E-state index in [0.717, 1.165) is 5.69 Å². The molecule has 0 bridgehead atoms. The van der Waals surface area contributed by atoms with Crippen LogP contribution in [0.3, 0.4) is 0 Å². The fourth-order valence-corrected chi connectivity index (χ4v) is 2.74. The highest BCUT2D eigenvalue weighted by molar-refractivity contribution is 7.35. The summed E-state index contributed by atoms with van der Waals surface area (Å²) in [4.78, 5) is 0. The molecular weight excluding hydrogens is 312 g/mol. The standard InChI is InChI=1S/C18H30BCl2N/c1-16(2,3)12-10-13(17(4,5)6)15(22-19(20)21)14(11-12)18(7,8)9/h10-11,22H,1-9H3. The van der Waals surface area contributed by atoms with Crippen molar-refractivity contribution in [1.29, 1.82) is 0 Å². The summed E-state index contributed by atoms with van der Waals surface area (Å²) in [6, 6.07) is 4.60. The molecule has 1 aromatic carbocycles. The topological polar surface area (TPSA) is 12.0 Å². The summed E-state index contributed by atoms with van der Waals surface area (Å²) in [7, 11) is 0. The van der Waals surface area contributed by atoms with Crippen molar-refractivity contribution >= 4 is 34.3 Å². The van der Waals surface area contributed by atoms with Crippen molar-refractivity contribution in [2.24, 2.45) is 0 Å². The molecule has 1 N–H and O–H groups in total. The third-order valence-corrected chi connectivity index (χ3v) is 4.09. The molecule has 0 amide bonds. The molecule has 0 atom stereocenters. The Labute approximate surface area is 147 Å². The Kier molecular flexibility index (Phi) is 5.63. The highest BCUT2D eigenvalue weighted by Crippen LogP contribution is 2.41. The zero-order valence-corrected chi connectivity index (χ0v) is 17.0. The predicted octanol–water partition coefficient (Wildman–Crippen LogP) is 6.45. The van der Waals surface area contributed by atoms with Crippen molar-refractivity contribution < 1.29 is 0 Å². The van der Waals surface area contributed by atoms with Crippen molar-refractivity contribution in [2.45, 2.75) is 78.6 Å². The van der Waals surface area contributed by atoms with Crippen LogP contribution in [-0.2, 0) is 16.2 Å². The van der Waals surface area contributed by atoms with Gasteiger partial charge in [-0.05, 0) is 32.9 Å². The van der Waals surface area contributed by atoms with E-state index in [1.54, 1.807) is 0 Å². The molecule has 0 heterocycles. The van der Waals surface area contributed by atoms with Crippen molar-refractivity contribution in [2.75, 3.05) is 5.23 Å². The number of hydrogen-bond donors (Lipinski definition) is 1. The third-order valence-electron chi connectivity index (χ3n) is 3.87. The summed E-state index contributed by atoms with van der Waals surface area (Å²) in [6.45, 7) is 20.1. The van der Waals surface area contributed by atoms with Gasteiger partial charge in [0, 0.05) is 5.69 Å². The highest BCUT2D eigenvalue weighted by atomic mass is 35.5. The minimum atomic E-state index is -0.623. The first kappa shape index (κ1) is 19.7. The molecule has 22 heavy (non-hydrogen) atoms. The smallest absolute Gasteiger partial charge is 0.401 e. The van der Waals surface area contributed by atoms with Crippen molar-refractivity contribution in [3.63, 3.8) is 0 Å². The van der Waals surface area contributed by atoms with E-state index in [4.69, 9.17) is 22.9 Å². The molecule has 0 fully saturated rings. The van der Waals surface area contributed by atoms with E-state index in [9.17, 15) is 0 Å². The maximum absolute atomic E-state index is 6.04. The maximum Gasteiger partial charge on any atom is 0.464 e.